The normalized spacial score (nSPS) is 20.7. The Morgan fingerprint density at radius 2 is 1.90 bits per heavy atom. The van der Waals surface area contributed by atoms with Crippen molar-refractivity contribution in [2.24, 2.45) is 0 Å². The van der Waals surface area contributed by atoms with Gasteiger partial charge in [0.1, 0.15) is 5.69 Å². The molecule has 0 aliphatic carbocycles. The summed E-state index contributed by atoms with van der Waals surface area (Å²) in [5.74, 6) is 0.0101. The van der Waals surface area contributed by atoms with Crippen molar-refractivity contribution in [1.29, 1.82) is 0 Å². The number of nitrogens with one attached hydrogen (secondary N) is 1. The standard InChI is InChI=1S/C25H27N3O2/c1-3-17-8-12-19(13-9-17)24-21-22(18-10-6-16(2)7-11-18)26-27-23(21)25(29)28(24)15-20-5-4-14-30-20/h6-13,20,24H,3-5,14-15H2,1-2H3,(H,26,27). The number of carbonyl (C=O) groups is 1. The number of benzene rings is 2. The number of aromatic nitrogens is 2. The van der Waals surface area contributed by atoms with Crippen LogP contribution in [0.5, 0.6) is 0 Å². The number of hydrogen-bond donors (Lipinski definition) is 1. The Morgan fingerprint density at radius 3 is 2.57 bits per heavy atom. The van der Waals surface area contributed by atoms with Crippen LogP contribution in [-0.2, 0) is 11.2 Å². The van der Waals surface area contributed by atoms with Gasteiger partial charge >= 0.3 is 0 Å². The number of amides is 1. The summed E-state index contributed by atoms with van der Waals surface area (Å²) in [4.78, 5) is 15.4. The van der Waals surface area contributed by atoms with Crippen molar-refractivity contribution < 1.29 is 9.53 Å². The maximum atomic E-state index is 13.4. The van der Waals surface area contributed by atoms with Crippen molar-refractivity contribution >= 4 is 5.91 Å². The molecule has 1 fully saturated rings. The van der Waals surface area contributed by atoms with Crippen molar-refractivity contribution in [3.05, 3.63) is 76.5 Å². The molecule has 1 saturated heterocycles. The summed E-state index contributed by atoms with van der Waals surface area (Å²) in [5.41, 5.74) is 7.08. The Kier molecular flexibility index (Phi) is 4.91. The summed E-state index contributed by atoms with van der Waals surface area (Å²) in [5, 5.41) is 7.60. The Labute approximate surface area is 177 Å². The Balaban J connectivity index is 1.60. The van der Waals surface area contributed by atoms with Gasteiger partial charge < -0.3 is 9.64 Å². The first-order chi connectivity index (χ1) is 14.7. The number of nitrogens with zero attached hydrogens (tertiary/aromatic N) is 2. The number of hydrogen-bond acceptors (Lipinski definition) is 3. The smallest absolute Gasteiger partial charge is 0.273 e. The first-order valence-corrected chi connectivity index (χ1v) is 10.8. The molecule has 0 saturated carbocycles. The molecule has 154 valence electrons. The van der Waals surface area contributed by atoms with Gasteiger partial charge in [-0.3, -0.25) is 9.89 Å². The Bertz CT molecular complexity index is 1050. The third-order valence-corrected chi connectivity index (χ3v) is 6.32. The minimum absolute atomic E-state index is 0.0101. The Morgan fingerprint density at radius 1 is 1.13 bits per heavy atom. The molecular weight excluding hydrogens is 374 g/mol. The third-order valence-electron chi connectivity index (χ3n) is 6.32. The van der Waals surface area contributed by atoms with Crippen molar-refractivity contribution in [2.75, 3.05) is 13.2 Å². The van der Waals surface area contributed by atoms with Crippen LogP contribution in [0.15, 0.2) is 48.5 Å². The van der Waals surface area contributed by atoms with Crippen LogP contribution < -0.4 is 0 Å². The fourth-order valence-corrected chi connectivity index (χ4v) is 4.61. The van der Waals surface area contributed by atoms with Crippen molar-refractivity contribution in [2.45, 2.75) is 45.3 Å². The van der Waals surface area contributed by atoms with Gasteiger partial charge in [0, 0.05) is 24.3 Å². The van der Waals surface area contributed by atoms with E-state index in [1.54, 1.807) is 0 Å². The average molecular weight is 402 g/mol. The third kappa shape index (κ3) is 3.23. The van der Waals surface area contributed by atoms with E-state index < -0.39 is 0 Å². The Hall–Kier alpha value is -2.92. The molecule has 5 nitrogen and oxygen atoms in total. The zero-order valence-corrected chi connectivity index (χ0v) is 17.5. The number of aromatic amines is 1. The second kappa shape index (κ2) is 7.73. The van der Waals surface area contributed by atoms with Gasteiger partial charge in [0.05, 0.1) is 17.8 Å². The minimum atomic E-state index is -0.155. The van der Waals surface area contributed by atoms with Crippen LogP contribution >= 0.6 is 0 Å². The highest BCUT2D eigenvalue weighted by molar-refractivity contribution is 6.00. The number of carbonyl (C=O) groups excluding carboxylic acids is 1. The summed E-state index contributed by atoms with van der Waals surface area (Å²) in [7, 11) is 0. The number of aryl methyl sites for hydroxylation is 2. The molecule has 1 aromatic heterocycles. The zero-order chi connectivity index (χ0) is 20.7. The quantitative estimate of drug-likeness (QED) is 0.676. The van der Waals surface area contributed by atoms with E-state index in [4.69, 9.17) is 4.74 Å². The predicted molar refractivity (Wildman–Crippen MR) is 116 cm³/mol. The molecular formula is C25H27N3O2. The maximum Gasteiger partial charge on any atom is 0.273 e. The lowest BCUT2D eigenvalue weighted by Gasteiger charge is -2.28. The van der Waals surface area contributed by atoms with Gasteiger partial charge in [0.15, 0.2) is 0 Å². The lowest BCUT2D eigenvalue weighted by atomic mass is 9.94. The molecule has 2 aliphatic heterocycles. The highest BCUT2D eigenvalue weighted by Gasteiger charge is 2.43. The highest BCUT2D eigenvalue weighted by atomic mass is 16.5. The van der Waals surface area contributed by atoms with Crippen LogP contribution in [0.1, 0.15) is 58.5 Å². The maximum absolute atomic E-state index is 13.4. The first kappa shape index (κ1) is 19.1. The molecule has 2 atom stereocenters. The molecule has 0 spiro atoms. The highest BCUT2D eigenvalue weighted by Crippen LogP contribution is 2.43. The van der Waals surface area contributed by atoms with E-state index in [0.29, 0.717) is 12.2 Å². The second-order valence-corrected chi connectivity index (χ2v) is 8.32. The fourth-order valence-electron chi connectivity index (χ4n) is 4.61. The molecule has 1 N–H and O–H groups in total. The van der Waals surface area contributed by atoms with E-state index in [0.717, 1.165) is 48.3 Å². The van der Waals surface area contributed by atoms with E-state index in [1.807, 2.05) is 4.90 Å². The van der Waals surface area contributed by atoms with Gasteiger partial charge in [-0.05, 0) is 37.3 Å². The van der Waals surface area contributed by atoms with Crippen molar-refractivity contribution in [1.82, 2.24) is 15.1 Å². The second-order valence-electron chi connectivity index (χ2n) is 8.32. The minimum Gasteiger partial charge on any atom is -0.376 e. The van der Waals surface area contributed by atoms with Gasteiger partial charge in [0.25, 0.3) is 5.91 Å². The summed E-state index contributed by atoms with van der Waals surface area (Å²) < 4.78 is 5.87. The fraction of sp³-hybridized carbons (Fsp3) is 0.360. The molecule has 30 heavy (non-hydrogen) atoms. The van der Waals surface area contributed by atoms with E-state index in [-0.39, 0.29) is 18.1 Å². The van der Waals surface area contributed by atoms with Gasteiger partial charge in [-0.15, -0.1) is 0 Å². The van der Waals surface area contributed by atoms with Gasteiger partial charge in [-0.2, -0.15) is 5.10 Å². The molecule has 0 radical (unpaired) electrons. The van der Waals surface area contributed by atoms with Gasteiger partial charge in [-0.25, -0.2) is 0 Å². The lowest BCUT2D eigenvalue weighted by Crippen LogP contribution is -2.36. The van der Waals surface area contributed by atoms with Crippen LogP contribution in [0.3, 0.4) is 0 Å². The lowest BCUT2D eigenvalue weighted by molar-refractivity contribution is 0.0495. The molecule has 3 heterocycles. The van der Waals surface area contributed by atoms with Gasteiger partial charge in [-0.1, -0.05) is 61.0 Å². The van der Waals surface area contributed by atoms with Crippen LogP contribution in [-0.4, -0.2) is 40.3 Å². The van der Waals surface area contributed by atoms with E-state index in [1.165, 1.54) is 11.1 Å². The van der Waals surface area contributed by atoms with Crippen LogP contribution in [0.25, 0.3) is 11.3 Å². The molecule has 0 bridgehead atoms. The molecule has 1 amide bonds. The summed E-state index contributed by atoms with van der Waals surface area (Å²) in [6, 6.07) is 16.8. The van der Waals surface area contributed by atoms with E-state index >= 15 is 0 Å². The first-order valence-electron chi connectivity index (χ1n) is 10.8. The van der Waals surface area contributed by atoms with Crippen LogP contribution in [0.4, 0.5) is 0 Å². The van der Waals surface area contributed by atoms with E-state index in [2.05, 4.69) is 72.6 Å². The molecule has 2 aromatic carbocycles. The van der Waals surface area contributed by atoms with Gasteiger partial charge in [0.2, 0.25) is 0 Å². The molecule has 2 aliphatic rings. The molecule has 5 heteroatoms. The number of ether oxygens (including phenoxy) is 1. The van der Waals surface area contributed by atoms with E-state index in [9.17, 15) is 4.79 Å². The molecule has 2 unspecified atom stereocenters. The van der Waals surface area contributed by atoms with Crippen LogP contribution in [0, 0.1) is 6.92 Å². The largest absolute Gasteiger partial charge is 0.376 e. The topological polar surface area (TPSA) is 58.2 Å². The summed E-state index contributed by atoms with van der Waals surface area (Å²) >= 11 is 0. The average Bonchev–Trinajstić information content (AvgIpc) is 3.49. The predicted octanol–water partition coefficient (Wildman–Crippen LogP) is 4.67. The molecule has 5 rings (SSSR count). The van der Waals surface area contributed by atoms with Crippen molar-refractivity contribution in [3.63, 3.8) is 0 Å². The number of rotatable bonds is 5. The zero-order valence-electron chi connectivity index (χ0n) is 17.5. The summed E-state index contributed by atoms with van der Waals surface area (Å²) in [6.07, 6.45) is 3.16. The monoisotopic (exact) mass is 401 g/mol. The van der Waals surface area contributed by atoms with Crippen molar-refractivity contribution in [3.8, 4) is 11.3 Å². The van der Waals surface area contributed by atoms with Crippen LogP contribution in [0.2, 0.25) is 0 Å². The summed E-state index contributed by atoms with van der Waals surface area (Å²) in [6.45, 7) is 5.62. The molecule has 3 aromatic rings. The number of H-pyrrole nitrogens is 1. The SMILES string of the molecule is CCc1ccc(C2c3c(-c4ccc(C)cc4)n[nH]c3C(=O)N2CC2CCCO2)cc1. The number of fused-ring (bicyclic) bond motifs is 1.